The van der Waals surface area contributed by atoms with Crippen molar-refractivity contribution in [3.63, 3.8) is 0 Å². The van der Waals surface area contributed by atoms with Crippen LogP contribution >= 0.6 is 24.0 Å². The first kappa shape index (κ1) is 17.1. The monoisotopic (exact) mass is 353 g/mol. The zero-order chi connectivity index (χ0) is 17.1. The molecule has 1 amide bonds. The number of rotatable bonds is 5. The van der Waals surface area contributed by atoms with Crippen LogP contribution in [0, 0.1) is 5.82 Å². The predicted molar refractivity (Wildman–Crippen MR) is 79.8 cm³/mol. The van der Waals surface area contributed by atoms with E-state index in [9.17, 15) is 29.0 Å². The number of amides is 1. The van der Waals surface area contributed by atoms with Crippen molar-refractivity contribution >= 4 is 52.2 Å². The molecule has 1 saturated heterocycles. The van der Waals surface area contributed by atoms with Crippen LogP contribution in [0.2, 0.25) is 0 Å². The number of nitrogens with zero attached hydrogens (tertiary/aromatic N) is 1. The summed E-state index contributed by atoms with van der Waals surface area (Å²) in [5.74, 6) is -4.58. The van der Waals surface area contributed by atoms with E-state index >= 15 is 0 Å². The lowest BCUT2D eigenvalue weighted by Crippen LogP contribution is -2.52. The molecule has 0 bridgehead atoms. The van der Waals surface area contributed by atoms with E-state index < -0.39 is 36.1 Å². The summed E-state index contributed by atoms with van der Waals surface area (Å²) in [4.78, 5) is 34.8. The third-order valence-corrected chi connectivity index (χ3v) is 4.27. The fourth-order valence-electron chi connectivity index (χ4n) is 1.90. The zero-order valence-corrected chi connectivity index (χ0v) is 13.0. The summed E-state index contributed by atoms with van der Waals surface area (Å²) in [7, 11) is 0. The Bertz CT molecular complexity index is 716. The standard InChI is InChI=1S/C14H10FNO5S2/c15-8-3-1-7(2-4-8)5-10-12(19)16(14(22)23-10)9(13(20)21)6-11(17)18/h1-5,9H,6H2,(H,17,18)(H,20,21)/p-2/b10-5+/t9-/m0/s1. The van der Waals surface area contributed by atoms with Gasteiger partial charge in [-0.15, -0.1) is 0 Å². The van der Waals surface area contributed by atoms with Crippen molar-refractivity contribution in [1.82, 2.24) is 4.90 Å². The Balaban J connectivity index is 2.30. The van der Waals surface area contributed by atoms with Gasteiger partial charge in [0.05, 0.1) is 16.9 Å². The van der Waals surface area contributed by atoms with E-state index in [-0.39, 0.29) is 9.23 Å². The van der Waals surface area contributed by atoms with Gasteiger partial charge in [-0.05, 0) is 23.8 Å². The first-order valence-corrected chi connectivity index (χ1v) is 7.45. The van der Waals surface area contributed by atoms with Crippen molar-refractivity contribution in [2.45, 2.75) is 12.5 Å². The van der Waals surface area contributed by atoms with Gasteiger partial charge in [0.15, 0.2) is 0 Å². The molecule has 0 saturated carbocycles. The summed E-state index contributed by atoms with van der Waals surface area (Å²) in [5.41, 5.74) is 0.511. The fraction of sp³-hybridized carbons (Fsp3) is 0.143. The molecule has 6 nitrogen and oxygen atoms in total. The average molecular weight is 353 g/mol. The van der Waals surface area contributed by atoms with Gasteiger partial charge in [0.1, 0.15) is 10.1 Å². The molecule has 9 heteroatoms. The second-order valence-electron chi connectivity index (χ2n) is 4.51. The van der Waals surface area contributed by atoms with Crippen molar-refractivity contribution < 1.29 is 29.0 Å². The first-order chi connectivity index (χ1) is 10.8. The Kier molecular flexibility index (Phi) is 5.12. The Morgan fingerprint density at radius 3 is 2.43 bits per heavy atom. The highest BCUT2D eigenvalue weighted by molar-refractivity contribution is 8.26. The molecular weight excluding hydrogens is 345 g/mol. The number of benzene rings is 1. The summed E-state index contributed by atoms with van der Waals surface area (Å²) in [5, 5.41) is 21.7. The van der Waals surface area contributed by atoms with Gasteiger partial charge >= 0.3 is 0 Å². The summed E-state index contributed by atoms with van der Waals surface area (Å²) in [6.07, 6.45) is 0.475. The van der Waals surface area contributed by atoms with E-state index in [0.29, 0.717) is 10.5 Å². The highest BCUT2D eigenvalue weighted by atomic mass is 32.2. The molecule has 0 N–H and O–H groups in total. The summed E-state index contributed by atoms with van der Waals surface area (Å²) < 4.78 is 12.8. The molecule has 23 heavy (non-hydrogen) atoms. The third-order valence-electron chi connectivity index (χ3n) is 2.94. The van der Waals surface area contributed by atoms with Gasteiger partial charge in [-0.2, -0.15) is 0 Å². The molecule has 1 heterocycles. The van der Waals surface area contributed by atoms with E-state index in [4.69, 9.17) is 12.2 Å². The number of thioether (sulfide) groups is 1. The van der Waals surface area contributed by atoms with Gasteiger partial charge in [0.25, 0.3) is 5.91 Å². The number of hydrogen-bond acceptors (Lipinski definition) is 7. The topological polar surface area (TPSA) is 101 Å². The number of aliphatic carboxylic acids is 2. The van der Waals surface area contributed by atoms with E-state index in [1.165, 1.54) is 30.3 Å². The van der Waals surface area contributed by atoms with Gasteiger partial charge in [-0.3, -0.25) is 9.69 Å². The Morgan fingerprint density at radius 1 is 1.30 bits per heavy atom. The van der Waals surface area contributed by atoms with Crippen LogP contribution in [0.3, 0.4) is 0 Å². The van der Waals surface area contributed by atoms with Gasteiger partial charge in [-0.25, -0.2) is 4.39 Å². The highest BCUT2D eigenvalue weighted by Crippen LogP contribution is 2.34. The third kappa shape index (κ3) is 3.93. The predicted octanol–water partition coefficient (Wildman–Crippen LogP) is -0.715. The molecule has 0 radical (unpaired) electrons. The number of hydrogen-bond donors (Lipinski definition) is 0. The van der Waals surface area contributed by atoms with E-state index in [0.717, 1.165) is 11.8 Å². The lowest BCUT2D eigenvalue weighted by atomic mass is 10.1. The van der Waals surface area contributed by atoms with Crippen LogP contribution in [0.1, 0.15) is 12.0 Å². The average Bonchev–Trinajstić information content (AvgIpc) is 2.73. The summed E-state index contributed by atoms with van der Waals surface area (Å²) >= 11 is 5.77. The maximum atomic E-state index is 12.9. The molecule has 0 spiro atoms. The molecule has 1 fully saturated rings. The minimum atomic E-state index is -1.74. The molecule has 1 atom stereocenters. The largest absolute Gasteiger partial charge is 0.550 e. The number of thiocarbonyl (C=S) groups is 1. The normalized spacial score (nSPS) is 17.6. The molecule has 2 rings (SSSR count). The van der Waals surface area contributed by atoms with Crippen LogP contribution < -0.4 is 10.2 Å². The van der Waals surface area contributed by atoms with E-state index in [1.54, 1.807) is 0 Å². The maximum absolute atomic E-state index is 12.9. The smallest absolute Gasteiger partial charge is 0.266 e. The quantitative estimate of drug-likeness (QED) is 0.509. The summed E-state index contributed by atoms with van der Waals surface area (Å²) in [6, 6.07) is 3.52. The van der Waals surface area contributed by atoms with Gasteiger partial charge in [0, 0.05) is 12.4 Å². The maximum Gasteiger partial charge on any atom is 0.266 e. The zero-order valence-electron chi connectivity index (χ0n) is 11.4. The second kappa shape index (κ2) is 6.88. The van der Waals surface area contributed by atoms with Crippen LogP contribution in [0.5, 0.6) is 0 Å². The van der Waals surface area contributed by atoms with Crippen molar-refractivity contribution in [1.29, 1.82) is 0 Å². The molecule has 1 aromatic rings. The Labute approximate surface area is 139 Å². The SMILES string of the molecule is O=C([O-])C[C@@H](C(=O)[O-])N1C(=O)/C(=C\c2ccc(F)cc2)SC1=S. The molecule has 120 valence electrons. The lowest BCUT2D eigenvalue weighted by Gasteiger charge is -2.27. The minimum absolute atomic E-state index is 0.0983. The molecule has 1 aliphatic rings. The van der Waals surface area contributed by atoms with Crippen LogP contribution in [-0.4, -0.2) is 33.1 Å². The van der Waals surface area contributed by atoms with Crippen molar-refractivity contribution in [3.8, 4) is 0 Å². The molecule has 0 aromatic heterocycles. The molecule has 0 aliphatic carbocycles. The van der Waals surface area contributed by atoms with Crippen LogP contribution in [-0.2, 0) is 14.4 Å². The molecule has 1 aliphatic heterocycles. The van der Waals surface area contributed by atoms with Crippen molar-refractivity contribution in [2.75, 3.05) is 0 Å². The number of halogens is 1. The van der Waals surface area contributed by atoms with Crippen LogP contribution in [0.15, 0.2) is 29.2 Å². The van der Waals surface area contributed by atoms with Gasteiger partial charge in [-0.1, -0.05) is 36.1 Å². The molecule has 0 unspecified atom stereocenters. The van der Waals surface area contributed by atoms with Gasteiger partial charge < -0.3 is 19.8 Å². The number of carboxylic acid groups (broad SMARTS) is 2. The first-order valence-electron chi connectivity index (χ1n) is 6.23. The van der Waals surface area contributed by atoms with Crippen molar-refractivity contribution in [2.24, 2.45) is 0 Å². The number of carbonyl (C=O) groups excluding carboxylic acids is 3. The summed E-state index contributed by atoms with van der Waals surface area (Å²) in [6.45, 7) is 0. The molecule has 1 aromatic carbocycles. The van der Waals surface area contributed by atoms with Gasteiger partial charge in [0.2, 0.25) is 0 Å². The number of carbonyl (C=O) groups is 3. The lowest BCUT2D eigenvalue weighted by molar-refractivity contribution is -0.319. The van der Waals surface area contributed by atoms with E-state index in [2.05, 4.69) is 0 Å². The van der Waals surface area contributed by atoms with Crippen molar-refractivity contribution in [3.05, 3.63) is 40.6 Å². The second-order valence-corrected chi connectivity index (χ2v) is 6.19. The van der Waals surface area contributed by atoms with Crippen LogP contribution in [0.4, 0.5) is 4.39 Å². The van der Waals surface area contributed by atoms with E-state index in [1.807, 2.05) is 0 Å². The molecular formula is C14H8FNO5S2-2. The Morgan fingerprint density at radius 2 is 1.91 bits per heavy atom. The van der Waals surface area contributed by atoms with Crippen LogP contribution in [0.25, 0.3) is 6.08 Å². The minimum Gasteiger partial charge on any atom is -0.550 e. The Hall–Kier alpha value is -2.26. The highest BCUT2D eigenvalue weighted by Gasteiger charge is 2.37. The fourth-order valence-corrected chi connectivity index (χ4v) is 3.25. The number of carboxylic acids is 2.